The molecule has 5 nitrogen and oxygen atoms in total. The SMILES string of the molecule is CCOc1ccc(-c2c(C(=O)O)n(Cc3ccc(F)cc3)c3ccc(NCC4CC4)cc23)cc1. The lowest BCUT2D eigenvalue weighted by molar-refractivity contribution is 0.0687. The molecule has 0 amide bonds. The largest absolute Gasteiger partial charge is 0.494 e. The summed E-state index contributed by atoms with van der Waals surface area (Å²) in [5.41, 5.74) is 4.31. The molecular formula is C28H27FN2O3. The summed E-state index contributed by atoms with van der Waals surface area (Å²) in [5.74, 6) is 0.139. The van der Waals surface area contributed by atoms with Gasteiger partial charge in [0.2, 0.25) is 0 Å². The molecule has 0 aliphatic heterocycles. The van der Waals surface area contributed by atoms with Gasteiger partial charge in [0.1, 0.15) is 17.3 Å². The lowest BCUT2D eigenvalue weighted by atomic mass is 10.0. The number of carbonyl (C=O) groups is 1. The molecule has 2 N–H and O–H groups in total. The number of aromatic carboxylic acids is 1. The van der Waals surface area contributed by atoms with Crippen LogP contribution in [0.25, 0.3) is 22.0 Å². The normalized spacial score (nSPS) is 13.2. The second kappa shape index (κ2) is 9.21. The van der Waals surface area contributed by atoms with E-state index < -0.39 is 5.97 Å². The molecule has 0 spiro atoms. The van der Waals surface area contributed by atoms with Gasteiger partial charge in [0, 0.05) is 35.2 Å². The summed E-state index contributed by atoms with van der Waals surface area (Å²) in [4.78, 5) is 12.6. The minimum Gasteiger partial charge on any atom is -0.494 e. The molecule has 1 fully saturated rings. The summed E-state index contributed by atoms with van der Waals surface area (Å²) in [7, 11) is 0. The molecule has 1 aliphatic carbocycles. The fourth-order valence-electron chi connectivity index (χ4n) is 4.38. The molecule has 4 aromatic rings. The zero-order chi connectivity index (χ0) is 23.7. The summed E-state index contributed by atoms with van der Waals surface area (Å²) in [5, 5.41) is 14.7. The molecular weight excluding hydrogens is 431 g/mol. The van der Waals surface area contributed by atoms with E-state index in [0.29, 0.717) is 18.7 Å². The van der Waals surface area contributed by atoms with Gasteiger partial charge in [0.15, 0.2) is 0 Å². The lowest BCUT2D eigenvalue weighted by Gasteiger charge is -2.10. The molecule has 34 heavy (non-hydrogen) atoms. The van der Waals surface area contributed by atoms with Crippen molar-refractivity contribution in [3.05, 3.63) is 83.8 Å². The maximum atomic E-state index is 13.5. The van der Waals surface area contributed by atoms with Gasteiger partial charge in [-0.2, -0.15) is 0 Å². The smallest absolute Gasteiger partial charge is 0.353 e. The van der Waals surface area contributed by atoms with Crippen LogP contribution in [0.2, 0.25) is 0 Å². The highest BCUT2D eigenvalue weighted by Gasteiger charge is 2.25. The maximum absolute atomic E-state index is 13.5. The Morgan fingerprint density at radius 2 is 1.82 bits per heavy atom. The Hall–Kier alpha value is -3.80. The number of ether oxygens (including phenoxy) is 1. The van der Waals surface area contributed by atoms with Crippen molar-refractivity contribution in [1.82, 2.24) is 4.57 Å². The Morgan fingerprint density at radius 1 is 1.09 bits per heavy atom. The number of aromatic nitrogens is 1. The van der Waals surface area contributed by atoms with E-state index in [2.05, 4.69) is 5.32 Å². The molecule has 1 saturated carbocycles. The van der Waals surface area contributed by atoms with Crippen LogP contribution in [0.5, 0.6) is 5.75 Å². The van der Waals surface area contributed by atoms with Crippen LogP contribution in [0.1, 0.15) is 35.8 Å². The number of hydrogen-bond acceptors (Lipinski definition) is 3. The predicted octanol–water partition coefficient (Wildman–Crippen LogP) is 6.41. The molecule has 6 heteroatoms. The van der Waals surface area contributed by atoms with Crippen LogP contribution >= 0.6 is 0 Å². The molecule has 0 radical (unpaired) electrons. The summed E-state index contributed by atoms with van der Waals surface area (Å²) in [6.07, 6.45) is 2.51. The van der Waals surface area contributed by atoms with Crippen LogP contribution in [-0.2, 0) is 6.54 Å². The number of carboxylic acids is 1. The van der Waals surface area contributed by atoms with Crippen molar-refractivity contribution in [2.45, 2.75) is 26.3 Å². The minimum absolute atomic E-state index is 0.211. The van der Waals surface area contributed by atoms with Gasteiger partial charge in [0.25, 0.3) is 0 Å². The number of benzene rings is 3. The first-order valence-electron chi connectivity index (χ1n) is 11.6. The number of carboxylic acid groups (broad SMARTS) is 1. The van der Waals surface area contributed by atoms with E-state index in [0.717, 1.165) is 45.9 Å². The number of anilines is 1. The predicted molar refractivity (Wildman–Crippen MR) is 132 cm³/mol. The number of fused-ring (bicyclic) bond motifs is 1. The van der Waals surface area contributed by atoms with Crippen molar-refractivity contribution in [3.8, 4) is 16.9 Å². The van der Waals surface area contributed by atoms with Gasteiger partial charge in [0.05, 0.1) is 6.61 Å². The van der Waals surface area contributed by atoms with Crippen LogP contribution in [-0.4, -0.2) is 28.8 Å². The fourth-order valence-corrected chi connectivity index (χ4v) is 4.38. The monoisotopic (exact) mass is 458 g/mol. The van der Waals surface area contributed by atoms with Crippen LogP contribution < -0.4 is 10.1 Å². The Balaban J connectivity index is 1.66. The highest BCUT2D eigenvalue weighted by atomic mass is 19.1. The van der Waals surface area contributed by atoms with Crippen molar-refractivity contribution in [3.63, 3.8) is 0 Å². The zero-order valence-electron chi connectivity index (χ0n) is 19.1. The van der Waals surface area contributed by atoms with E-state index >= 15 is 0 Å². The van der Waals surface area contributed by atoms with E-state index in [1.54, 1.807) is 16.7 Å². The first-order valence-corrected chi connectivity index (χ1v) is 11.6. The summed E-state index contributed by atoms with van der Waals surface area (Å²) < 4.78 is 20.8. The van der Waals surface area contributed by atoms with Crippen LogP contribution in [0.4, 0.5) is 10.1 Å². The Kier molecular flexibility index (Phi) is 5.97. The number of hydrogen-bond donors (Lipinski definition) is 2. The lowest BCUT2D eigenvalue weighted by Crippen LogP contribution is -2.10. The molecule has 1 heterocycles. The Bertz CT molecular complexity index is 1320. The van der Waals surface area contributed by atoms with Crippen molar-refractivity contribution in [1.29, 1.82) is 0 Å². The third kappa shape index (κ3) is 4.49. The highest BCUT2D eigenvalue weighted by molar-refractivity contribution is 6.09. The van der Waals surface area contributed by atoms with Crippen LogP contribution in [0.15, 0.2) is 66.7 Å². The van der Waals surface area contributed by atoms with E-state index in [9.17, 15) is 14.3 Å². The molecule has 5 rings (SSSR count). The Morgan fingerprint density at radius 3 is 2.47 bits per heavy atom. The van der Waals surface area contributed by atoms with Gasteiger partial charge < -0.3 is 19.7 Å². The number of nitrogens with zero attached hydrogens (tertiary/aromatic N) is 1. The molecule has 174 valence electrons. The quantitative estimate of drug-likeness (QED) is 0.304. The zero-order valence-corrected chi connectivity index (χ0v) is 19.1. The average molecular weight is 459 g/mol. The third-order valence-corrected chi connectivity index (χ3v) is 6.27. The fraction of sp³-hybridized carbons (Fsp3) is 0.250. The molecule has 0 saturated heterocycles. The number of halogens is 1. The van der Waals surface area contributed by atoms with Gasteiger partial charge in [-0.15, -0.1) is 0 Å². The standard InChI is InChI=1S/C28H27FN2O3/c1-2-34-23-12-7-20(8-13-23)26-24-15-22(30-16-18-3-4-18)11-14-25(24)31(27(26)28(32)33)17-19-5-9-21(29)10-6-19/h5-15,18,30H,2-4,16-17H2,1H3,(H,32,33). The van der Waals surface area contributed by atoms with Crippen molar-refractivity contribution in [2.24, 2.45) is 5.92 Å². The summed E-state index contributed by atoms with van der Waals surface area (Å²) >= 11 is 0. The van der Waals surface area contributed by atoms with Gasteiger partial charge in [-0.3, -0.25) is 0 Å². The molecule has 1 aromatic heterocycles. The topological polar surface area (TPSA) is 63.5 Å². The van der Waals surface area contributed by atoms with Crippen molar-refractivity contribution in [2.75, 3.05) is 18.5 Å². The van der Waals surface area contributed by atoms with Crippen molar-refractivity contribution < 1.29 is 19.0 Å². The second-order valence-electron chi connectivity index (χ2n) is 8.75. The maximum Gasteiger partial charge on any atom is 0.353 e. The average Bonchev–Trinajstić information content (AvgIpc) is 3.61. The van der Waals surface area contributed by atoms with Gasteiger partial charge in [-0.25, -0.2) is 9.18 Å². The molecule has 1 aliphatic rings. The number of rotatable bonds is 9. The van der Waals surface area contributed by atoms with E-state index in [4.69, 9.17) is 4.74 Å². The highest BCUT2D eigenvalue weighted by Crippen LogP contribution is 2.38. The first kappa shape index (κ1) is 22.0. The summed E-state index contributed by atoms with van der Waals surface area (Å²) in [6.45, 7) is 3.73. The minimum atomic E-state index is -1.00. The van der Waals surface area contributed by atoms with Gasteiger partial charge in [-0.1, -0.05) is 24.3 Å². The van der Waals surface area contributed by atoms with E-state index in [-0.39, 0.29) is 11.5 Å². The van der Waals surface area contributed by atoms with Crippen LogP contribution in [0.3, 0.4) is 0 Å². The third-order valence-electron chi connectivity index (χ3n) is 6.27. The molecule has 0 unspecified atom stereocenters. The second-order valence-corrected chi connectivity index (χ2v) is 8.75. The molecule has 0 bridgehead atoms. The van der Waals surface area contributed by atoms with Crippen molar-refractivity contribution >= 4 is 22.6 Å². The van der Waals surface area contributed by atoms with E-state index in [1.165, 1.54) is 25.0 Å². The first-order chi connectivity index (χ1) is 16.5. The molecule has 0 atom stereocenters. The molecule has 3 aromatic carbocycles. The van der Waals surface area contributed by atoms with Crippen LogP contribution in [0, 0.1) is 11.7 Å². The van der Waals surface area contributed by atoms with E-state index in [1.807, 2.05) is 49.4 Å². The van der Waals surface area contributed by atoms with Gasteiger partial charge in [-0.05, 0) is 79.3 Å². The summed E-state index contributed by atoms with van der Waals surface area (Å²) in [6, 6.07) is 19.7. The number of nitrogens with one attached hydrogen (secondary N) is 1. The van der Waals surface area contributed by atoms with Gasteiger partial charge >= 0.3 is 5.97 Å². The Labute approximate surface area is 197 Å².